The molecule has 0 spiro atoms. The van der Waals surface area contributed by atoms with Gasteiger partial charge < -0.3 is 15.9 Å². The van der Waals surface area contributed by atoms with E-state index in [2.05, 4.69) is 0 Å². The summed E-state index contributed by atoms with van der Waals surface area (Å²) in [4.78, 5) is 11.8. The van der Waals surface area contributed by atoms with E-state index in [1.807, 2.05) is 0 Å². The summed E-state index contributed by atoms with van der Waals surface area (Å²) >= 11 is 0. The molecule has 1 fully saturated rings. The van der Waals surface area contributed by atoms with Crippen LogP contribution in [-0.4, -0.2) is 40.0 Å². The van der Waals surface area contributed by atoms with Crippen LogP contribution < -0.4 is 5.73 Å². The van der Waals surface area contributed by atoms with E-state index in [0.29, 0.717) is 12.8 Å². The Hall–Kier alpha value is -0.650. The number of nitrogens with zero attached hydrogens (tertiary/aromatic N) is 1. The van der Waals surface area contributed by atoms with Gasteiger partial charge >= 0.3 is 0 Å². The SMILES string of the molecule is NC(=O)CN1C(O)CCCC1O. The lowest BCUT2D eigenvalue weighted by atomic mass is 10.1. The smallest absolute Gasteiger partial charge is 0.231 e. The summed E-state index contributed by atoms with van der Waals surface area (Å²) in [5.74, 6) is -0.532. The Morgan fingerprint density at radius 3 is 2.33 bits per heavy atom. The number of aliphatic hydroxyl groups excluding tert-OH is 2. The zero-order chi connectivity index (χ0) is 9.14. The van der Waals surface area contributed by atoms with E-state index in [9.17, 15) is 15.0 Å². The van der Waals surface area contributed by atoms with Crippen LogP contribution in [0.2, 0.25) is 0 Å². The maximum absolute atomic E-state index is 10.5. The van der Waals surface area contributed by atoms with Gasteiger partial charge in [0.25, 0.3) is 0 Å². The fraction of sp³-hybridized carbons (Fsp3) is 0.857. The predicted octanol–water partition coefficient (Wildman–Crippen LogP) is -1.41. The van der Waals surface area contributed by atoms with Gasteiger partial charge in [-0.2, -0.15) is 0 Å². The largest absolute Gasteiger partial charge is 0.378 e. The summed E-state index contributed by atoms with van der Waals surface area (Å²) in [6, 6.07) is 0. The molecule has 1 amide bonds. The summed E-state index contributed by atoms with van der Waals surface area (Å²) in [5.41, 5.74) is 4.94. The van der Waals surface area contributed by atoms with E-state index < -0.39 is 18.4 Å². The molecular formula is C7H14N2O3. The Kier molecular flexibility index (Phi) is 3.02. The fourth-order valence-electron chi connectivity index (χ4n) is 1.40. The highest BCUT2D eigenvalue weighted by Gasteiger charge is 2.28. The Balaban J connectivity index is 2.50. The van der Waals surface area contributed by atoms with E-state index in [1.165, 1.54) is 4.90 Å². The normalized spacial score (nSPS) is 31.8. The second-order valence-corrected chi connectivity index (χ2v) is 3.03. The van der Waals surface area contributed by atoms with Gasteiger partial charge in [0.1, 0.15) is 12.5 Å². The number of aliphatic hydroxyl groups is 2. The number of hydrogen-bond acceptors (Lipinski definition) is 4. The predicted molar refractivity (Wildman–Crippen MR) is 41.8 cm³/mol. The number of nitrogens with two attached hydrogens (primary N) is 1. The van der Waals surface area contributed by atoms with Gasteiger partial charge in [-0.15, -0.1) is 0 Å². The molecule has 0 aromatic rings. The van der Waals surface area contributed by atoms with Crippen molar-refractivity contribution in [1.82, 2.24) is 4.90 Å². The topological polar surface area (TPSA) is 86.8 Å². The summed E-state index contributed by atoms with van der Waals surface area (Å²) in [6.07, 6.45) is 0.481. The van der Waals surface area contributed by atoms with E-state index in [0.717, 1.165) is 6.42 Å². The second-order valence-electron chi connectivity index (χ2n) is 3.03. The maximum atomic E-state index is 10.5. The molecule has 5 heteroatoms. The molecule has 2 atom stereocenters. The van der Waals surface area contributed by atoms with Crippen LogP contribution in [0, 0.1) is 0 Å². The van der Waals surface area contributed by atoms with Crippen molar-refractivity contribution in [2.75, 3.05) is 6.54 Å². The number of likely N-dealkylation sites (tertiary alicyclic amines) is 1. The van der Waals surface area contributed by atoms with Gasteiger partial charge in [-0.05, 0) is 19.3 Å². The third-order valence-corrected chi connectivity index (χ3v) is 2.03. The molecule has 1 heterocycles. The highest BCUT2D eigenvalue weighted by molar-refractivity contribution is 5.75. The minimum absolute atomic E-state index is 0.0810. The maximum Gasteiger partial charge on any atom is 0.231 e. The number of carbonyl (C=O) groups excluding carboxylic acids is 1. The molecule has 0 radical (unpaired) electrons. The van der Waals surface area contributed by atoms with Crippen molar-refractivity contribution in [1.29, 1.82) is 0 Å². The van der Waals surface area contributed by atoms with Crippen molar-refractivity contribution >= 4 is 5.91 Å². The molecule has 0 saturated carbocycles. The average molecular weight is 174 g/mol. The fourth-order valence-corrected chi connectivity index (χ4v) is 1.40. The van der Waals surface area contributed by atoms with Gasteiger partial charge in [0.15, 0.2) is 0 Å². The number of hydrogen-bond donors (Lipinski definition) is 3. The van der Waals surface area contributed by atoms with Crippen molar-refractivity contribution in [2.24, 2.45) is 5.73 Å². The lowest BCUT2D eigenvalue weighted by Gasteiger charge is -2.35. The lowest BCUT2D eigenvalue weighted by Crippen LogP contribution is -2.50. The summed E-state index contributed by atoms with van der Waals surface area (Å²) in [6.45, 7) is -0.0810. The highest BCUT2D eigenvalue weighted by Crippen LogP contribution is 2.18. The van der Waals surface area contributed by atoms with Crippen LogP contribution in [0.5, 0.6) is 0 Å². The monoisotopic (exact) mass is 174 g/mol. The molecule has 0 aromatic heterocycles. The Bertz CT molecular complexity index is 164. The van der Waals surface area contributed by atoms with Crippen molar-refractivity contribution in [2.45, 2.75) is 31.7 Å². The second kappa shape index (κ2) is 3.84. The number of amides is 1. The molecule has 2 unspecified atom stereocenters. The third-order valence-electron chi connectivity index (χ3n) is 2.03. The number of carbonyl (C=O) groups is 1. The summed E-state index contributed by atoms with van der Waals surface area (Å²) < 4.78 is 0. The molecule has 70 valence electrons. The van der Waals surface area contributed by atoms with Gasteiger partial charge in [-0.3, -0.25) is 4.79 Å². The van der Waals surface area contributed by atoms with Gasteiger partial charge in [0, 0.05) is 0 Å². The van der Waals surface area contributed by atoms with Crippen molar-refractivity contribution in [3.05, 3.63) is 0 Å². The quantitative estimate of drug-likeness (QED) is 0.480. The van der Waals surface area contributed by atoms with E-state index >= 15 is 0 Å². The Labute approximate surface area is 70.8 Å². The van der Waals surface area contributed by atoms with Crippen LogP contribution in [-0.2, 0) is 4.79 Å². The summed E-state index contributed by atoms with van der Waals surface area (Å²) in [7, 11) is 0. The van der Waals surface area contributed by atoms with Crippen LogP contribution in [0.1, 0.15) is 19.3 Å². The van der Waals surface area contributed by atoms with E-state index in [4.69, 9.17) is 5.73 Å². The molecule has 1 rings (SSSR count). The molecular weight excluding hydrogens is 160 g/mol. The van der Waals surface area contributed by atoms with Crippen LogP contribution in [0.4, 0.5) is 0 Å². The van der Waals surface area contributed by atoms with E-state index in [1.54, 1.807) is 0 Å². The number of rotatable bonds is 2. The molecule has 4 N–H and O–H groups in total. The first-order valence-electron chi connectivity index (χ1n) is 4.01. The molecule has 1 aliphatic heterocycles. The molecule has 0 aromatic carbocycles. The van der Waals surface area contributed by atoms with Crippen molar-refractivity contribution in [3.63, 3.8) is 0 Å². The minimum Gasteiger partial charge on any atom is -0.378 e. The van der Waals surface area contributed by atoms with Crippen LogP contribution in [0.3, 0.4) is 0 Å². The van der Waals surface area contributed by atoms with Crippen molar-refractivity contribution in [3.8, 4) is 0 Å². The summed E-state index contributed by atoms with van der Waals surface area (Å²) in [5, 5.41) is 18.7. The van der Waals surface area contributed by atoms with Gasteiger partial charge in [0.2, 0.25) is 5.91 Å². The first-order valence-corrected chi connectivity index (χ1v) is 4.01. The van der Waals surface area contributed by atoms with Gasteiger partial charge in [0.05, 0.1) is 6.54 Å². The lowest BCUT2D eigenvalue weighted by molar-refractivity contribution is -0.146. The highest BCUT2D eigenvalue weighted by atomic mass is 16.3. The standard InChI is InChI=1S/C7H14N2O3/c8-5(10)4-9-6(11)2-1-3-7(9)12/h6-7,11-12H,1-4H2,(H2,8,10). The first kappa shape index (κ1) is 9.44. The van der Waals surface area contributed by atoms with Crippen LogP contribution in [0.15, 0.2) is 0 Å². The molecule has 1 aliphatic rings. The first-order chi connectivity index (χ1) is 5.61. The number of piperidine rings is 1. The molecule has 5 nitrogen and oxygen atoms in total. The number of primary amides is 1. The zero-order valence-corrected chi connectivity index (χ0v) is 6.81. The van der Waals surface area contributed by atoms with Crippen LogP contribution in [0.25, 0.3) is 0 Å². The van der Waals surface area contributed by atoms with Crippen LogP contribution >= 0.6 is 0 Å². The molecule has 1 saturated heterocycles. The third kappa shape index (κ3) is 2.17. The van der Waals surface area contributed by atoms with Gasteiger partial charge in [-0.1, -0.05) is 0 Å². The van der Waals surface area contributed by atoms with E-state index in [-0.39, 0.29) is 6.54 Å². The molecule has 0 bridgehead atoms. The zero-order valence-electron chi connectivity index (χ0n) is 6.81. The Morgan fingerprint density at radius 2 is 1.92 bits per heavy atom. The molecule has 12 heavy (non-hydrogen) atoms. The van der Waals surface area contributed by atoms with Crippen molar-refractivity contribution < 1.29 is 15.0 Å². The minimum atomic E-state index is -0.735. The Morgan fingerprint density at radius 1 is 1.42 bits per heavy atom. The molecule has 0 aliphatic carbocycles. The van der Waals surface area contributed by atoms with Gasteiger partial charge in [-0.25, -0.2) is 4.90 Å². The average Bonchev–Trinajstić information content (AvgIpc) is 1.97.